The molecule has 1 saturated heterocycles. The number of carbonyl (C=O) groups is 2. The maximum Gasteiger partial charge on any atom is 0.255 e. The molecule has 1 fully saturated rings. The molecule has 1 aromatic heterocycles. The highest BCUT2D eigenvalue weighted by molar-refractivity contribution is 6.34. The molecular weight excluding hydrogens is 554 g/mol. The number of ether oxygens (including phenoxy) is 2. The van der Waals surface area contributed by atoms with Gasteiger partial charge in [-0.25, -0.2) is 0 Å². The van der Waals surface area contributed by atoms with Crippen LogP contribution in [0, 0.1) is 0 Å². The van der Waals surface area contributed by atoms with Crippen LogP contribution in [-0.4, -0.2) is 72.4 Å². The lowest BCUT2D eigenvalue weighted by Gasteiger charge is -2.27. The zero-order valence-electron chi connectivity index (χ0n) is 23.3. The Kier molecular flexibility index (Phi) is 8.46. The Morgan fingerprint density at radius 1 is 1.00 bits per heavy atom. The van der Waals surface area contributed by atoms with E-state index in [0.717, 1.165) is 52.4 Å². The molecule has 0 unspecified atom stereocenters. The molecule has 3 N–H and O–H groups in total. The van der Waals surface area contributed by atoms with Gasteiger partial charge in [0.25, 0.3) is 11.8 Å². The van der Waals surface area contributed by atoms with Crippen molar-refractivity contribution in [2.45, 2.75) is 31.7 Å². The number of benzene rings is 3. The van der Waals surface area contributed by atoms with E-state index >= 15 is 0 Å². The third-order valence-corrected chi connectivity index (χ3v) is 8.34. The number of hydrogen-bond acceptors (Lipinski definition) is 5. The van der Waals surface area contributed by atoms with E-state index in [1.807, 2.05) is 48.7 Å². The lowest BCUT2D eigenvalue weighted by molar-refractivity contribution is 0.0303. The number of rotatable bonds is 7. The van der Waals surface area contributed by atoms with Crippen molar-refractivity contribution >= 4 is 34.3 Å². The minimum absolute atomic E-state index is 0.115. The molecule has 9 heteroatoms. The summed E-state index contributed by atoms with van der Waals surface area (Å²) in [6.07, 6.45) is 5.03. The maximum atomic E-state index is 13.8. The van der Waals surface area contributed by atoms with Gasteiger partial charge >= 0.3 is 0 Å². The number of nitrogens with zero attached hydrogens (tertiary/aromatic N) is 1. The number of carbonyl (C=O) groups excluding carboxylic acids is 2. The number of morpholine rings is 1. The first-order chi connectivity index (χ1) is 20.5. The summed E-state index contributed by atoms with van der Waals surface area (Å²) >= 11 is 6.65. The van der Waals surface area contributed by atoms with Crippen LogP contribution in [0.15, 0.2) is 60.8 Å². The fraction of sp³-hybridized carbons (Fsp3) is 0.333. The van der Waals surface area contributed by atoms with Crippen molar-refractivity contribution in [3.8, 4) is 16.9 Å². The Bertz CT molecular complexity index is 1610. The molecule has 0 bridgehead atoms. The van der Waals surface area contributed by atoms with Gasteiger partial charge in [0, 0.05) is 30.2 Å². The van der Waals surface area contributed by atoms with Crippen LogP contribution in [0.3, 0.4) is 0 Å². The van der Waals surface area contributed by atoms with Crippen LogP contribution in [0.2, 0.25) is 5.02 Å². The van der Waals surface area contributed by atoms with Crippen molar-refractivity contribution in [3.63, 3.8) is 0 Å². The quantitative estimate of drug-likeness (QED) is 0.282. The van der Waals surface area contributed by atoms with Gasteiger partial charge in [-0.2, -0.15) is 0 Å². The predicted molar refractivity (Wildman–Crippen MR) is 162 cm³/mol. The van der Waals surface area contributed by atoms with E-state index in [9.17, 15) is 14.7 Å². The Balaban J connectivity index is 1.28. The number of aliphatic hydroxyl groups is 1. The number of aromatic nitrogens is 1. The van der Waals surface area contributed by atoms with E-state index in [0.29, 0.717) is 61.2 Å². The van der Waals surface area contributed by atoms with Gasteiger partial charge < -0.3 is 29.8 Å². The molecule has 2 aliphatic heterocycles. The van der Waals surface area contributed by atoms with Gasteiger partial charge in [0.15, 0.2) is 0 Å². The molecule has 8 nitrogen and oxygen atoms in total. The number of aryl methyl sites for hydroxylation is 1. The average Bonchev–Trinajstić information content (AvgIpc) is 3.27. The minimum atomic E-state index is -0.485. The van der Waals surface area contributed by atoms with Gasteiger partial charge in [-0.1, -0.05) is 35.9 Å². The molecule has 2 amide bonds. The molecule has 3 aromatic carbocycles. The van der Waals surface area contributed by atoms with Crippen LogP contribution in [0.1, 0.15) is 44.7 Å². The van der Waals surface area contributed by atoms with Crippen molar-refractivity contribution in [2.24, 2.45) is 0 Å². The van der Waals surface area contributed by atoms with Crippen LogP contribution < -0.4 is 10.1 Å². The second-order valence-corrected chi connectivity index (χ2v) is 11.2. The van der Waals surface area contributed by atoms with E-state index < -0.39 is 6.04 Å². The number of para-hydroxylation sites is 1. The number of amides is 2. The molecule has 218 valence electrons. The number of nitrogens with one attached hydrogen (secondary N) is 2. The van der Waals surface area contributed by atoms with Crippen molar-refractivity contribution in [1.82, 2.24) is 15.2 Å². The molecule has 0 saturated carbocycles. The number of aliphatic hydroxyl groups excluding tert-OH is 1. The average molecular weight is 588 g/mol. The molecule has 0 spiro atoms. The SMILES string of the molecule is O=C(N[C@@H](CO)Cc1c[nH]c2ccccc12)c1cc(-c2ccc(C(=O)N3CCOCC3)c(Cl)c2)cc2c1OCCCC2. The molecule has 2 aliphatic rings. The number of hydrogen-bond donors (Lipinski definition) is 3. The molecule has 0 radical (unpaired) electrons. The summed E-state index contributed by atoms with van der Waals surface area (Å²) in [5.41, 5.74) is 5.48. The molecule has 1 atom stereocenters. The maximum absolute atomic E-state index is 13.8. The van der Waals surface area contributed by atoms with Gasteiger partial charge in [0.05, 0.1) is 48.6 Å². The van der Waals surface area contributed by atoms with Crippen LogP contribution in [0.5, 0.6) is 5.75 Å². The van der Waals surface area contributed by atoms with Gasteiger partial charge in [-0.05, 0) is 78.3 Å². The molecule has 6 rings (SSSR count). The summed E-state index contributed by atoms with van der Waals surface area (Å²) in [5.74, 6) is 0.164. The number of halogens is 1. The monoisotopic (exact) mass is 587 g/mol. The highest BCUT2D eigenvalue weighted by Gasteiger charge is 2.25. The highest BCUT2D eigenvalue weighted by atomic mass is 35.5. The third kappa shape index (κ3) is 5.88. The first kappa shape index (κ1) is 28.3. The molecule has 3 heterocycles. The summed E-state index contributed by atoms with van der Waals surface area (Å²) in [5, 5.41) is 14.7. The predicted octanol–water partition coefficient (Wildman–Crippen LogP) is 5.01. The molecule has 0 aliphatic carbocycles. The van der Waals surface area contributed by atoms with Crippen LogP contribution in [-0.2, 0) is 17.6 Å². The lowest BCUT2D eigenvalue weighted by Crippen LogP contribution is -2.40. The van der Waals surface area contributed by atoms with E-state index in [2.05, 4.69) is 10.3 Å². The summed E-state index contributed by atoms with van der Waals surface area (Å²) < 4.78 is 11.5. The topological polar surface area (TPSA) is 104 Å². The number of fused-ring (bicyclic) bond motifs is 2. The van der Waals surface area contributed by atoms with Crippen LogP contribution in [0.25, 0.3) is 22.0 Å². The fourth-order valence-corrected chi connectivity index (χ4v) is 6.03. The van der Waals surface area contributed by atoms with Crippen molar-refractivity contribution in [2.75, 3.05) is 39.5 Å². The summed E-state index contributed by atoms with van der Waals surface area (Å²) in [7, 11) is 0. The van der Waals surface area contributed by atoms with Gasteiger partial charge in [-0.15, -0.1) is 0 Å². The summed E-state index contributed by atoms with van der Waals surface area (Å²) in [6.45, 7) is 2.44. The largest absolute Gasteiger partial charge is 0.492 e. The molecule has 42 heavy (non-hydrogen) atoms. The second-order valence-electron chi connectivity index (χ2n) is 10.8. The van der Waals surface area contributed by atoms with Crippen LogP contribution >= 0.6 is 11.6 Å². The summed E-state index contributed by atoms with van der Waals surface area (Å²) in [6, 6.07) is 16.7. The summed E-state index contributed by atoms with van der Waals surface area (Å²) in [4.78, 5) is 31.8. The number of aromatic amines is 1. The van der Waals surface area contributed by atoms with Crippen molar-refractivity contribution < 1.29 is 24.2 Å². The minimum Gasteiger partial charge on any atom is -0.492 e. The Morgan fingerprint density at radius 3 is 2.64 bits per heavy atom. The molecule has 4 aromatic rings. The lowest BCUT2D eigenvalue weighted by atomic mass is 9.95. The van der Waals surface area contributed by atoms with Crippen LogP contribution in [0.4, 0.5) is 0 Å². The first-order valence-electron chi connectivity index (χ1n) is 14.4. The Morgan fingerprint density at radius 2 is 1.83 bits per heavy atom. The van der Waals surface area contributed by atoms with Gasteiger partial charge in [0.2, 0.25) is 0 Å². The van der Waals surface area contributed by atoms with Crippen molar-refractivity contribution in [1.29, 1.82) is 0 Å². The highest BCUT2D eigenvalue weighted by Crippen LogP contribution is 2.35. The second kappa shape index (κ2) is 12.6. The standard InChI is InChI=1S/C33H34ClN3O5/c34-29-18-21(8-9-27(29)33(40)37-10-13-41-14-11-37)23-15-22-5-3-4-12-42-31(22)28(17-23)32(39)36-25(20-38)16-24-19-35-30-7-2-1-6-26(24)30/h1-2,6-9,15,17-19,25,35,38H,3-5,10-14,16,20H2,(H,36,39)/t25-/m1/s1. The first-order valence-corrected chi connectivity index (χ1v) is 14.8. The Labute approximate surface area is 249 Å². The zero-order chi connectivity index (χ0) is 29.1. The van der Waals surface area contributed by atoms with Gasteiger partial charge in [-0.3, -0.25) is 9.59 Å². The zero-order valence-corrected chi connectivity index (χ0v) is 24.1. The normalized spacial score (nSPS) is 15.9. The van der Waals surface area contributed by atoms with E-state index in [-0.39, 0.29) is 18.4 Å². The Hall–Kier alpha value is -3.85. The van der Waals surface area contributed by atoms with Crippen molar-refractivity contribution in [3.05, 3.63) is 88.1 Å². The van der Waals surface area contributed by atoms with E-state index in [1.54, 1.807) is 17.0 Å². The van der Waals surface area contributed by atoms with Gasteiger partial charge in [0.1, 0.15) is 5.75 Å². The van der Waals surface area contributed by atoms with E-state index in [1.165, 1.54) is 0 Å². The number of H-pyrrole nitrogens is 1. The third-order valence-electron chi connectivity index (χ3n) is 8.03. The fourth-order valence-electron chi connectivity index (χ4n) is 5.77. The molecular formula is C33H34ClN3O5. The van der Waals surface area contributed by atoms with E-state index in [4.69, 9.17) is 21.1 Å². The smallest absolute Gasteiger partial charge is 0.255 e.